The molecule has 0 bridgehead atoms. The van der Waals surface area contributed by atoms with Gasteiger partial charge in [-0.05, 0) is 45.8 Å². The maximum Gasteiger partial charge on any atom is 0.327 e. The lowest BCUT2D eigenvalue weighted by molar-refractivity contribution is -0.128. The van der Waals surface area contributed by atoms with E-state index in [2.05, 4.69) is 15.9 Å². The number of carbonyl (C=O) groups excluding carboxylic acids is 2. The molecule has 2 aliphatic rings. The van der Waals surface area contributed by atoms with E-state index in [4.69, 9.17) is 0 Å². The molecule has 3 heterocycles. The molecule has 0 aromatic carbocycles. The van der Waals surface area contributed by atoms with Gasteiger partial charge in [0.25, 0.3) is 5.91 Å². The van der Waals surface area contributed by atoms with E-state index >= 15 is 0 Å². The van der Waals surface area contributed by atoms with Gasteiger partial charge in [0, 0.05) is 6.54 Å². The molecule has 0 aliphatic carbocycles. The Morgan fingerprint density at radius 2 is 2.29 bits per heavy atom. The summed E-state index contributed by atoms with van der Waals surface area (Å²) < 4.78 is 1.02. The molecule has 1 aromatic rings. The Hall–Kier alpha value is -0.880. The molecule has 2 saturated heterocycles. The maximum atomic E-state index is 12.1. The van der Waals surface area contributed by atoms with Gasteiger partial charge in [0.05, 0.1) is 10.3 Å². The number of imide groups is 1. The molecule has 0 N–H and O–H groups in total. The molecule has 3 amide bonds. The van der Waals surface area contributed by atoms with Crippen molar-refractivity contribution < 1.29 is 9.59 Å². The summed E-state index contributed by atoms with van der Waals surface area (Å²) in [5.74, 6) is -0.0326. The average molecular weight is 315 g/mol. The molecule has 3 rings (SSSR count). The van der Waals surface area contributed by atoms with Crippen molar-refractivity contribution >= 4 is 39.2 Å². The lowest BCUT2D eigenvalue weighted by Gasteiger charge is -2.14. The van der Waals surface area contributed by atoms with Gasteiger partial charge in [0.15, 0.2) is 0 Å². The summed E-state index contributed by atoms with van der Waals surface area (Å²) >= 11 is 4.95. The summed E-state index contributed by atoms with van der Waals surface area (Å²) in [6, 6.07) is 1.64. The summed E-state index contributed by atoms with van der Waals surface area (Å²) in [4.78, 5) is 27.2. The predicted molar refractivity (Wildman–Crippen MR) is 67.7 cm³/mol. The summed E-state index contributed by atoms with van der Waals surface area (Å²) in [5, 5.41) is 1.97. The quantitative estimate of drug-likeness (QED) is 0.787. The number of urea groups is 1. The molecule has 90 valence electrons. The van der Waals surface area contributed by atoms with Crippen LogP contribution in [0.25, 0.3) is 0 Å². The number of rotatable bonds is 2. The van der Waals surface area contributed by atoms with Gasteiger partial charge in [-0.3, -0.25) is 9.69 Å². The smallest absolute Gasteiger partial charge is 0.312 e. The lowest BCUT2D eigenvalue weighted by atomic mass is 10.2. The molecular formula is C11H11BrN2O2S. The fraction of sp³-hybridized carbons (Fsp3) is 0.455. The topological polar surface area (TPSA) is 40.6 Å². The van der Waals surface area contributed by atoms with Gasteiger partial charge < -0.3 is 4.90 Å². The van der Waals surface area contributed by atoms with Gasteiger partial charge in [-0.1, -0.05) is 0 Å². The fourth-order valence-corrected chi connectivity index (χ4v) is 3.64. The number of carbonyl (C=O) groups is 2. The van der Waals surface area contributed by atoms with Crippen molar-refractivity contribution in [2.24, 2.45) is 0 Å². The molecule has 2 fully saturated rings. The standard InChI is InChI=1S/C11H11BrN2O2S/c12-9-4-7(6-17-9)5-14-10(15)8-2-1-3-13(8)11(14)16/h4,6,8H,1-3,5H2/t8-/m0/s1. The minimum Gasteiger partial charge on any atom is -0.312 e. The SMILES string of the molecule is O=C1[C@@H]2CCCN2C(=O)N1Cc1csc(Br)c1. The van der Waals surface area contributed by atoms with E-state index < -0.39 is 0 Å². The highest BCUT2D eigenvalue weighted by atomic mass is 79.9. The van der Waals surface area contributed by atoms with Gasteiger partial charge in [-0.2, -0.15) is 0 Å². The van der Waals surface area contributed by atoms with Crippen LogP contribution >= 0.6 is 27.3 Å². The first-order valence-corrected chi connectivity index (χ1v) is 7.19. The number of amides is 3. The van der Waals surface area contributed by atoms with E-state index in [9.17, 15) is 9.59 Å². The fourth-order valence-electron chi connectivity index (χ4n) is 2.44. The second-order valence-electron chi connectivity index (χ2n) is 4.32. The third kappa shape index (κ3) is 1.79. The first kappa shape index (κ1) is 11.2. The van der Waals surface area contributed by atoms with Crippen molar-refractivity contribution in [1.82, 2.24) is 9.80 Å². The van der Waals surface area contributed by atoms with E-state index in [0.29, 0.717) is 6.54 Å². The van der Waals surface area contributed by atoms with Crippen LogP contribution in [0.15, 0.2) is 15.2 Å². The molecule has 0 spiro atoms. The maximum absolute atomic E-state index is 12.1. The molecule has 0 unspecified atom stereocenters. The molecule has 4 nitrogen and oxygen atoms in total. The number of fused-ring (bicyclic) bond motifs is 1. The van der Waals surface area contributed by atoms with Crippen molar-refractivity contribution in [3.63, 3.8) is 0 Å². The monoisotopic (exact) mass is 314 g/mol. The molecule has 0 radical (unpaired) electrons. The van der Waals surface area contributed by atoms with Crippen molar-refractivity contribution in [3.8, 4) is 0 Å². The van der Waals surface area contributed by atoms with Crippen molar-refractivity contribution in [2.75, 3.05) is 6.54 Å². The van der Waals surface area contributed by atoms with E-state index in [1.54, 1.807) is 16.2 Å². The van der Waals surface area contributed by atoms with Crippen LogP contribution in [0.5, 0.6) is 0 Å². The highest BCUT2D eigenvalue weighted by Crippen LogP contribution is 2.29. The third-order valence-corrected chi connectivity index (χ3v) is 4.80. The zero-order valence-corrected chi connectivity index (χ0v) is 11.5. The second-order valence-corrected chi connectivity index (χ2v) is 6.61. The normalized spacial score (nSPS) is 23.7. The molecule has 6 heteroatoms. The lowest BCUT2D eigenvalue weighted by Crippen LogP contribution is -2.32. The van der Waals surface area contributed by atoms with Gasteiger partial charge in [-0.15, -0.1) is 11.3 Å². The molecule has 1 aromatic heterocycles. The molecule has 17 heavy (non-hydrogen) atoms. The predicted octanol–water partition coefficient (Wildman–Crippen LogP) is 2.44. The van der Waals surface area contributed by atoms with E-state index in [0.717, 1.165) is 28.7 Å². The number of halogens is 1. The molecule has 1 atom stereocenters. The largest absolute Gasteiger partial charge is 0.327 e. The van der Waals surface area contributed by atoms with E-state index in [1.165, 1.54) is 4.90 Å². The van der Waals surface area contributed by atoms with Crippen LogP contribution in [0.2, 0.25) is 0 Å². The molecule has 2 aliphatic heterocycles. The summed E-state index contributed by atoms with van der Waals surface area (Å²) in [6.45, 7) is 1.12. The van der Waals surface area contributed by atoms with Crippen LogP contribution in [0.1, 0.15) is 18.4 Å². The Kier molecular flexibility index (Phi) is 2.71. The van der Waals surface area contributed by atoms with Crippen LogP contribution in [-0.4, -0.2) is 34.3 Å². The van der Waals surface area contributed by atoms with Crippen LogP contribution < -0.4 is 0 Å². The van der Waals surface area contributed by atoms with E-state index in [1.807, 2.05) is 11.4 Å². The Labute approximate surface area is 111 Å². The van der Waals surface area contributed by atoms with Crippen molar-refractivity contribution in [2.45, 2.75) is 25.4 Å². The molecular weight excluding hydrogens is 304 g/mol. The van der Waals surface area contributed by atoms with Gasteiger partial charge in [0.2, 0.25) is 0 Å². The average Bonchev–Trinajstić information content (AvgIpc) is 2.96. The summed E-state index contributed by atoms with van der Waals surface area (Å²) in [7, 11) is 0. The number of nitrogens with zero attached hydrogens (tertiary/aromatic N) is 2. The van der Waals surface area contributed by atoms with Crippen molar-refractivity contribution in [3.05, 3.63) is 20.8 Å². The third-order valence-electron chi connectivity index (χ3n) is 3.24. The van der Waals surface area contributed by atoms with Gasteiger partial charge in [0.1, 0.15) is 6.04 Å². The minimum atomic E-state index is -0.190. The Balaban J connectivity index is 1.80. The van der Waals surface area contributed by atoms with Crippen LogP contribution in [-0.2, 0) is 11.3 Å². The number of hydrogen-bond donors (Lipinski definition) is 0. The molecule has 0 saturated carbocycles. The first-order chi connectivity index (χ1) is 8.16. The summed E-state index contributed by atoms with van der Waals surface area (Å²) in [6.07, 6.45) is 1.76. The van der Waals surface area contributed by atoms with Gasteiger partial charge in [-0.25, -0.2) is 4.79 Å². The zero-order valence-electron chi connectivity index (χ0n) is 9.06. The van der Waals surface area contributed by atoms with Crippen LogP contribution in [0.3, 0.4) is 0 Å². The highest BCUT2D eigenvalue weighted by Gasteiger charge is 2.47. The summed E-state index contributed by atoms with van der Waals surface area (Å²) in [5.41, 5.74) is 1.00. The van der Waals surface area contributed by atoms with Gasteiger partial charge >= 0.3 is 6.03 Å². The number of thiophene rings is 1. The Morgan fingerprint density at radius 3 is 2.94 bits per heavy atom. The van der Waals surface area contributed by atoms with Crippen LogP contribution in [0.4, 0.5) is 4.79 Å². The Morgan fingerprint density at radius 1 is 1.47 bits per heavy atom. The zero-order chi connectivity index (χ0) is 12.0. The number of hydrogen-bond acceptors (Lipinski definition) is 3. The second kappa shape index (κ2) is 4.10. The first-order valence-electron chi connectivity index (χ1n) is 5.52. The van der Waals surface area contributed by atoms with Crippen LogP contribution in [0, 0.1) is 0 Å². The van der Waals surface area contributed by atoms with E-state index in [-0.39, 0.29) is 18.0 Å². The van der Waals surface area contributed by atoms with Crippen molar-refractivity contribution in [1.29, 1.82) is 0 Å². The highest BCUT2D eigenvalue weighted by molar-refractivity contribution is 9.11. The Bertz CT molecular complexity index is 466. The minimum absolute atomic E-state index is 0.0326.